The average Bonchev–Trinajstić information content (AvgIpc) is 3.32. The standard InChI is InChI=1S/C25H30N5O.Re/c1-2-25(31)30(24-10-6-9-22(19-24)20-29-18-14-26-27-29)23-12-16-28(17-13-23)15-11-21-7-4-3-5-8-21;/h3-10,18-19,23H,2,11-13,15-17,20H2,1H3;/q-1;. The molecule has 2 heterocycles. The fraction of sp³-hybridized carbons (Fsp3) is 0.400. The predicted octanol–water partition coefficient (Wildman–Crippen LogP) is 3.57. The Balaban J connectivity index is 0.00000289. The molecule has 0 bridgehead atoms. The number of anilines is 1. The monoisotopic (exact) mass is 603 g/mol. The van der Waals surface area contributed by atoms with Crippen LogP contribution in [-0.2, 0) is 38.2 Å². The van der Waals surface area contributed by atoms with Crippen molar-refractivity contribution in [2.24, 2.45) is 0 Å². The molecule has 0 N–H and O–H groups in total. The molecule has 1 fully saturated rings. The zero-order chi connectivity index (χ0) is 21.5. The molecular formula is C25H30N5ORe-. The maximum absolute atomic E-state index is 12.9. The molecule has 7 heteroatoms. The van der Waals surface area contributed by atoms with Gasteiger partial charge in [0.25, 0.3) is 0 Å². The summed E-state index contributed by atoms with van der Waals surface area (Å²) in [6, 6.07) is 19.1. The smallest absolute Gasteiger partial charge is 0.226 e. The molecule has 1 amide bonds. The van der Waals surface area contributed by atoms with Gasteiger partial charge in [-0.2, -0.15) is 0 Å². The van der Waals surface area contributed by atoms with Crippen LogP contribution in [0.15, 0.2) is 60.8 Å². The van der Waals surface area contributed by atoms with Crippen LogP contribution >= 0.6 is 0 Å². The minimum atomic E-state index is 0. The molecule has 4 rings (SSSR count). The van der Waals surface area contributed by atoms with Gasteiger partial charge in [-0.3, -0.25) is 9.48 Å². The molecule has 1 aliphatic rings. The quantitative estimate of drug-likeness (QED) is 0.370. The Morgan fingerprint density at radius 1 is 1.09 bits per heavy atom. The van der Waals surface area contributed by atoms with E-state index in [1.54, 1.807) is 10.9 Å². The van der Waals surface area contributed by atoms with Crippen LogP contribution in [0.4, 0.5) is 5.69 Å². The molecule has 1 radical (unpaired) electrons. The molecule has 32 heavy (non-hydrogen) atoms. The van der Waals surface area contributed by atoms with Gasteiger partial charge < -0.3 is 21.1 Å². The van der Waals surface area contributed by atoms with E-state index in [4.69, 9.17) is 0 Å². The van der Waals surface area contributed by atoms with Gasteiger partial charge in [0.2, 0.25) is 5.91 Å². The predicted molar refractivity (Wildman–Crippen MR) is 122 cm³/mol. The van der Waals surface area contributed by atoms with Crippen LogP contribution in [-0.4, -0.2) is 51.5 Å². The first-order valence-electron chi connectivity index (χ1n) is 11.2. The van der Waals surface area contributed by atoms with Gasteiger partial charge in [0.1, 0.15) is 0 Å². The fourth-order valence-electron chi connectivity index (χ4n) is 4.33. The number of benzene rings is 2. The van der Waals surface area contributed by atoms with Crippen LogP contribution in [0.3, 0.4) is 0 Å². The van der Waals surface area contributed by atoms with Gasteiger partial charge in [-0.25, -0.2) is 0 Å². The molecule has 0 aliphatic carbocycles. The number of aromatic nitrogens is 3. The van der Waals surface area contributed by atoms with Crippen molar-refractivity contribution in [2.75, 3.05) is 24.5 Å². The van der Waals surface area contributed by atoms with Crippen LogP contribution in [0.5, 0.6) is 0 Å². The Kier molecular flexibility index (Phi) is 9.16. The van der Waals surface area contributed by atoms with Crippen molar-refractivity contribution in [1.82, 2.24) is 19.9 Å². The van der Waals surface area contributed by atoms with Crippen LogP contribution in [0.1, 0.15) is 37.3 Å². The first kappa shape index (κ1) is 24.3. The minimum Gasteiger partial charge on any atom is -0.352 e. The Bertz CT molecular complexity index is 955. The Hall–Kier alpha value is -2.33. The molecular weight excluding hydrogens is 573 g/mol. The first-order chi connectivity index (χ1) is 15.2. The SMILES string of the molecule is CCC(=O)N(c1cccc(Cn2c[c-]nn2)c1)C1CCN(CCc2ccccc2)CC1.[Re]. The van der Waals surface area contributed by atoms with Crippen LogP contribution in [0, 0.1) is 6.20 Å². The molecule has 1 saturated heterocycles. The normalized spacial score (nSPS) is 14.7. The van der Waals surface area contributed by atoms with Crippen LogP contribution < -0.4 is 4.90 Å². The van der Waals surface area contributed by atoms with E-state index in [1.807, 2.05) is 24.0 Å². The second-order valence-corrected chi connectivity index (χ2v) is 8.14. The summed E-state index contributed by atoms with van der Waals surface area (Å²) in [5.41, 5.74) is 3.47. The van der Waals surface area contributed by atoms with Crippen molar-refractivity contribution >= 4 is 11.6 Å². The first-order valence-corrected chi connectivity index (χ1v) is 11.2. The van der Waals surface area contributed by atoms with E-state index in [9.17, 15) is 4.79 Å². The topological polar surface area (TPSA) is 54.3 Å². The van der Waals surface area contributed by atoms with E-state index in [1.165, 1.54) is 5.56 Å². The molecule has 6 nitrogen and oxygen atoms in total. The summed E-state index contributed by atoms with van der Waals surface area (Å²) in [6.07, 6.45) is 8.04. The summed E-state index contributed by atoms with van der Waals surface area (Å²) in [5, 5.41) is 7.75. The summed E-state index contributed by atoms with van der Waals surface area (Å²) in [6.45, 7) is 5.69. The number of amides is 1. The van der Waals surface area contributed by atoms with Gasteiger partial charge in [0.15, 0.2) is 0 Å². The molecule has 1 aromatic heterocycles. The zero-order valence-electron chi connectivity index (χ0n) is 18.5. The van der Waals surface area contributed by atoms with Crippen LogP contribution in [0.25, 0.3) is 0 Å². The molecule has 0 unspecified atom stereocenters. The third-order valence-corrected chi connectivity index (χ3v) is 6.01. The molecule has 3 aromatic rings. The van der Waals surface area contributed by atoms with E-state index < -0.39 is 0 Å². The Morgan fingerprint density at radius 3 is 2.53 bits per heavy atom. The summed E-state index contributed by atoms with van der Waals surface area (Å²) in [4.78, 5) is 17.5. The van der Waals surface area contributed by atoms with Gasteiger partial charge >= 0.3 is 0 Å². The summed E-state index contributed by atoms with van der Waals surface area (Å²) < 4.78 is 1.75. The molecule has 0 spiro atoms. The number of nitrogens with zero attached hydrogens (tertiary/aromatic N) is 5. The van der Waals surface area contributed by atoms with Crippen molar-refractivity contribution in [1.29, 1.82) is 0 Å². The minimum absolute atomic E-state index is 0. The van der Waals surface area contributed by atoms with Gasteiger partial charge in [-0.1, -0.05) is 49.4 Å². The molecule has 1 aliphatic heterocycles. The maximum Gasteiger partial charge on any atom is 0.226 e. The van der Waals surface area contributed by atoms with E-state index in [0.717, 1.165) is 50.1 Å². The third kappa shape index (κ3) is 6.35. The summed E-state index contributed by atoms with van der Waals surface area (Å²) in [7, 11) is 0. The van der Waals surface area contributed by atoms with Gasteiger partial charge in [-0.15, -0.1) is 11.4 Å². The van der Waals surface area contributed by atoms with Gasteiger partial charge in [0.05, 0.1) is 6.54 Å². The number of hydrogen-bond acceptors (Lipinski definition) is 4. The number of carbonyl (C=O) groups is 1. The van der Waals surface area contributed by atoms with E-state index in [-0.39, 0.29) is 32.4 Å². The molecule has 0 saturated carbocycles. The number of carbonyl (C=O) groups excluding carboxylic acids is 1. The van der Waals surface area contributed by atoms with Crippen molar-refractivity contribution in [2.45, 2.75) is 45.2 Å². The number of likely N-dealkylation sites (tertiary alicyclic amines) is 1. The zero-order valence-corrected chi connectivity index (χ0v) is 21.2. The van der Waals surface area contributed by atoms with E-state index in [2.05, 4.69) is 63.9 Å². The van der Waals surface area contributed by atoms with Crippen molar-refractivity contribution in [3.8, 4) is 0 Å². The van der Waals surface area contributed by atoms with Gasteiger partial charge in [0, 0.05) is 58.2 Å². The fourth-order valence-corrected chi connectivity index (χ4v) is 4.33. The second kappa shape index (κ2) is 12.1. The maximum atomic E-state index is 12.9. The molecule has 169 valence electrons. The Morgan fingerprint density at radius 2 is 1.84 bits per heavy atom. The summed E-state index contributed by atoms with van der Waals surface area (Å²) >= 11 is 0. The van der Waals surface area contributed by atoms with Gasteiger partial charge in [-0.05, 0) is 42.5 Å². The second-order valence-electron chi connectivity index (χ2n) is 8.14. The number of rotatable bonds is 8. The molecule has 0 atom stereocenters. The van der Waals surface area contributed by atoms with E-state index >= 15 is 0 Å². The van der Waals surface area contributed by atoms with Crippen molar-refractivity contribution < 1.29 is 25.2 Å². The van der Waals surface area contributed by atoms with Crippen molar-refractivity contribution in [3.05, 3.63) is 78.1 Å². The third-order valence-electron chi connectivity index (χ3n) is 6.01. The average molecular weight is 603 g/mol. The number of hydrogen-bond donors (Lipinski definition) is 0. The molecule has 2 aromatic carbocycles. The summed E-state index contributed by atoms with van der Waals surface area (Å²) in [5.74, 6) is 0.189. The number of piperidine rings is 1. The van der Waals surface area contributed by atoms with E-state index in [0.29, 0.717) is 13.0 Å². The van der Waals surface area contributed by atoms with Crippen molar-refractivity contribution in [3.63, 3.8) is 0 Å². The largest absolute Gasteiger partial charge is 0.352 e. The Labute approximate surface area is 204 Å². The van der Waals surface area contributed by atoms with Crippen LogP contribution in [0.2, 0.25) is 0 Å².